The lowest BCUT2D eigenvalue weighted by Crippen LogP contribution is -2.61. The normalized spacial score (nSPS) is 18.7. The lowest BCUT2D eigenvalue weighted by Gasteiger charge is -2.39. The fourth-order valence-electron chi connectivity index (χ4n) is 2.24. The van der Waals surface area contributed by atoms with E-state index >= 15 is 0 Å². The van der Waals surface area contributed by atoms with Gasteiger partial charge in [0.2, 0.25) is 0 Å². The molecule has 1 amide bonds. The van der Waals surface area contributed by atoms with Crippen LogP contribution in [0.3, 0.4) is 0 Å². The van der Waals surface area contributed by atoms with E-state index in [9.17, 15) is 20.0 Å². The third kappa shape index (κ3) is 4.19. The van der Waals surface area contributed by atoms with E-state index in [4.69, 9.17) is 9.47 Å². The van der Waals surface area contributed by atoms with Gasteiger partial charge in [-0.25, -0.2) is 4.79 Å². The summed E-state index contributed by atoms with van der Waals surface area (Å²) in [7, 11) is 0. The summed E-state index contributed by atoms with van der Waals surface area (Å²) in [4.78, 5) is 24.1. The molecular weight excluding hydrogens is 390 g/mol. The predicted octanol–water partition coefficient (Wildman–Crippen LogP) is 2.87. The van der Waals surface area contributed by atoms with Crippen LogP contribution in [0.5, 0.6) is 0 Å². The van der Waals surface area contributed by atoms with Crippen LogP contribution >= 0.6 is 35.1 Å². The van der Waals surface area contributed by atoms with Gasteiger partial charge in [0.15, 0.2) is 5.79 Å². The number of nitro groups is 1. The van der Waals surface area contributed by atoms with Gasteiger partial charge in [0, 0.05) is 4.92 Å². The molecule has 0 atom stereocenters. The van der Waals surface area contributed by atoms with Gasteiger partial charge in [0.25, 0.3) is 5.54 Å². The van der Waals surface area contributed by atoms with Crippen molar-refractivity contribution in [2.24, 2.45) is 0 Å². The van der Waals surface area contributed by atoms with E-state index < -0.39 is 22.3 Å². The lowest BCUT2D eigenvalue weighted by molar-refractivity contribution is -0.592. The number of nitrogens with zero attached hydrogens (tertiary/aromatic N) is 3. The maximum Gasteiger partial charge on any atom is 0.412 e. The van der Waals surface area contributed by atoms with Crippen molar-refractivity contribution < 1.29 is 24.3 Å². The fraction of sp³-hybridized carbons (Fsp3) is 0.692. The second kappa shape index (κ2) is 7.66. The third-order valence-electron chi connectivity index (χ3n) is 3.70. The Morgan fingerprint density at radius 3 is 2.44 bits per heavy atom. The number of hydrogen-bond donors (Lipinski definition) is 1. The second-order valence-electron chi connectivity index (χ2n) is 5.86. The molecular formula is C13H19N3O6S3. The Hall–Kier alpha value is -1.08. The molecule has 0 spiro atoms. The Morgan fingerprint density at radius 2 is 2.00 bits per heavy atom. The number of anilines is 1. The summed E-state index contributed by atoms with van der Waals surface area (Å²) < 4.78 is 15.8. The van der Waals surface area contributed by atoms with Crippen LogP contribution < -0.4 is 4.90 Å². The zero-order valence-electron chi connectivity index (χ0n) is 14.2. The van der Waals surface area contributed by atoms with Gasteiger partial charge in [-0.3, -0.25) is 15.0 Å². The SMILES string of the molecule is CSc1nsc(SC)c1N(CC1([N+](=O)[O-])COC(C)(C)OC1)C(=O)O. The number of carboxylic acid groups (broad SMARTS) is 1. The van der Waals surface area contributed by atoms with Gasteiger partial charge in [-0.2, -0.15) is 4.37 Å². The van der Waals surface area contributed by atoms with Gasteiger partial charge in [-0.1, -0.05) is 0 Å². The van der Waals surface area contributed by atoms with Crippen LogP contribution in [0.1, 0.15) is 13.8 Å². The monoisotopic (exact) mass is 409 g/mol. The van der Waals surface area contributed by atoms with Crippen LogP contribution in [0.15, 0.2) is 9.24 Å². The van der Waals surface area contributed by atoms with Crippen LogP contribution in [0, 0.1) is 10.1 Å². The minimum Gasteiger partial charge on any atom is -0.465 e. The Morgan fingerprint density at radius 1 is 1.40 bits per heavy atom. The van der Waals surface area contributed by atoms with E-state index in [1.807, 2.05) is 0 Å². The van der Waals surface area contributed by atoms with E-state index in [-0.39, 0.29) is 19.8 Å². The summed E-state index contributed by atoms with van der Waals surface area (Å²) >= 11 is 3.82. The zero-order chi connectivity index (χ0) is 18.8. The first-order valence-electron chi connectivity index (χ1n) is 7.16. The van der Waals surface area contributed by atoms with Crippen LogP contribution in [0.2, 0.25) is 0 Å². The van der Waals surface area contributed by atoms with Gasteiger partial charge in [-0.15, -0.1) is 23.5 Å². The van der Waals surface area contributed by atoms with Crippen molar-refractivity contribution in [1.29, 1.82) is 0 Å². The van der Waals surface area contributed by atoms with Gasteiger partial charge in [0.05, 0.1) is 0 Å². The molecule has 1 aromatic heterocycles. The number of ether oxygens (including phenoxy) is 2. The summed E-state index contributed by atoms with van der Waals surface area (Å²) in [5.74, 6) is -0.938. The van der Waals surface area contributed by atoms with Crippen molar-refractivity contribution in [1.82, 2.24) is 4.37 Å². The molecule has 0 saturated carbocycles. The number of rotatable bonds is 6. The highest BCUT2D eigenvalue weighted by atomic mass is 32.2. The van der Waals surface area contributed by atoms with Crippen LogP contribution in [-0.2, 0) is 9.47 Å². The quantitative estimate of drug-likeness (QED) is 0.430. The molecule has 2 heterocycles. The molecule has 9 nitrogen and oxygen atoms in total. The molecule has 12 heteroatoms. The first-order valence-corrected chi connectivity index (χ1v) is 10.4. The smallest absolute Gasteiger partial charge is 0.412 e. The minimum absolute atomic E-state index is 0.239. The topological polar surface area (TPSA) is 115 Å². The maximum absolute atomic E-state index is 11.9. The summed E-state index contributed by atoms with van der Waals surface area (Å²) in [5.41, 5.74) is -1.30. The van der Waals surface area contributed by atoms with Crippen LogP contribution in [0.25, 0.3) is 0 Å². The molecule has 0 bridgehead atoms. The van der Waals surface area contributed by atoms with Crippen molar-refractivity contribution in [2.45, 2.75) is 34.4 Å². The molecule has 1 aliphatic rings. The maximum atomic E-state index is 11.9. The van der Waals surface area contributed by atoms with Crippen LogP contribution in [0.4, 0.5) is 10.5 Å². The molecule has 1 aromatic rings. The molecule has 2 rings (SSSR count). The Balaban J connectivity index is 2.40. The third-order valence-corrected chi connectivity index (χ3v) is 6.41. The van der Waals surface area contributed by atoms with E-state index in [1.54, 1.807) is 26.4 Å². The molecule has 1 aliphatic heterocycles. The highest BCUT2D eigenvalue weighted by Crippen LogP contribution is 2.41. The molecule has 140 valence electrons. The minimum atomic E-state index is -1.68. The van der Waals surface area contributed by atoms with E-state index in [2.05, 4.69) is 4.37 Å². The Bertz CT molecular complexity index is 634. The van der Waals surface area contributed by atoms with Crippen LogP contribution in [-0.4, -0.2) is 64.1 Å². The first kappa shape index (κ1) is 20.2. The number of amides is 1. The highest BCUT2D eigenvalue weighted by Gasteiger charge is 2.52. The highest BCUT2D eigenvalue weighted by molar-refractivity contribution is 8.01. The standard InChI is InChI=1S/C13H19N3O6S3/c1-12(2)21-6-13(7-22-12,16(19)20)5-15(11(17)18)8-9(23-3)14-25-10(8)24-4/h5-7H2,1-4H3,(H,17,18). The summed E-state index contributed by atoms with van der Waals surface area (Å²) in [6.07, 6.45) is 2.30. The average Bonchev–Trinajstić information content (AvgIpc) is 2.96. The Kier molecular flexibility index (Phi) is 6.20. The number of thioether (sulfide) groups is 2. The number of aromatic nitrogens is 1. The second-order valence-corrected chi connectivity index (χ2v) is 8.50. The van der Waals surface area contributed by atoms with E-state index in [0.717, 1.165) is 4.90 Å². The van der Waals surface area contributed by atoms with Crippen molar-refractivity contribution in [3.8, 4) is 0 Å². The molecule has 0 radical (unpaired) electrons. The Labute approximate surface area is 157 Å². The predicted molar refractivity (Wildman–Crippen MR) is 96.8 cm³/mol. The summed E-state index contributed by atoms with van der Waals surface area (Å²) in [5, 5.41) is 21.9. The molecule has 1 fully saturated rings. The van der Waals surface area contributed by atoms with Gasteiger partial charge < -0.3 is 14.6 Å². The van der Waals surface area contributed by atoms with E-state index in [0.29, 0.717) is 14.9 Å². The van der Waals surface area contributed by atoms with E-state index in [1.165, 1.54) is 35.1 Å². The van der Waals surface area contributed by atoms with Crippen molar-refractivity contribution >= 4 is 46.8 Å². The van der Waals surface area contributed by atoms with Crippen molar-refractivity contribution in [3.63, 3.8) is 0 Å². The largest absolute Gasteiger partial charge is 0.465 e. The van der Waals surface area contributed by atoms with Gasteiger partial charge in [-0.05, 0) is 37.9 Å². The number of hydrogen-bond acceptors (Lipinski definition) is 9. The van der Waals surface area contributed by atoms with Crippen molar-refractivity contribution in [3.05, 3.63) is 10.1 Å². The summed E-state index contributed by atoms with van der Waals surface area (Å²) in [6.45, 7) is 2.46. The molecule has 25 heavy (non-hydrogen) atoms. The summed E-state index contributed by atoms with van der Waals surface area (Å²) in [6, 6.07) is 0. The first-order chi connectivity index (χ1) is 11.7. The molecule has 0 aliphatic carbocycles. The zero-order valence-corrected chi connectivity index (χ0v) is 16.6. The molecule has 1 saturated heterocycles. The lowest BCUT2D eigenvalue weighted by atomic mass is 10.0. The molecule has 1 N–H and O–H groups in total. The van der Waals surface area contributed by atoms with Crippen molar-refractivity contribution in [2.75, 3.05) is 37.2 Å². The average molecular weight is 410 g/mol. The molecule has 0 aromatic carbocycles. The molecule has 0 unspecified atom stereocenters. The fourth-order valence-corrected chi connectivity index (χ4v) is 4.54. The van der Waals surface area contributed by atoms with Gasteiger partial charge >= 0.3 is 6.09 Å². The number of carbonyl (C=O) groups is 1. The van der Waals surface area contributed by atoms with Gasteiger partial charge in [0.1, 0.15) is 34.7 Å².